The third kappa shape index (κ3) is 3.22. The van der Waals surface area contributed by atoms with Crippen LogP contribution < -0.4 is 11.1 Å². The molecule has 0 spiro atoms. The molecule has 0 fully saturated rings. The molecule has 2 aromatic rings. The molecule has 21 heavy (non-hydrogen) atoms. The van der Waals surface area contributed by atoms with E-state index in [0.29, 0.717) is 5.56 Å². The third-order valence-corrected chi connectivity index (χ3v) is 3.16. The predicted octanol–water partition coefficient (Wildman–Crippen LogP) is 3.16. The summed E-state index contributed by atoms with van der Waals surface area (Å²) in [5.41, 5.74) is 6.33. The van der Waals surface area contributed by atoms with Gasteiger partial charge in [-0.15, -0.1) is 0 Å². The second kappa shape index (κ2) is 5.97. The van der Waals surface area contributed by atoms with E-state index in [1.807, 2.05) is 0 Å². The zero-order valence-corrected chi connectivity index (χ0v) is 11.9. The van der Waals surface area contributed by atoms with E-state index in [1.165, 1.54) is 30.3 Å². The van der Waals surface area contributed by atoms with Gasteiger partial charge < -0.3 is 11.1 Å². The Balaban J connectivity index is 2.39. The second-order valence-corrected chi connectivity index (χ2v) is 4.88. The van der Waals surface area contributed by atoms with Crippen molar-refractivity contribution < 1.29 is 13.6 Å². The first-order valence-corrected chi connectivity index (χ1v) is 6.47. The summed E-state index contributed by atoms with van der Waals surface area (Å²) in [6.45, 7) is 1.68. The number of nitrogens with two attached hydrogens (primary N) is 1. The van der Waals surface area contributed by atoms with Crippen LogP contribution in [0.1, 0.15) is 21.5 Å². The maximum Gasteiger partial charge on any atom is 0.256 e. The van der Waals surface area contributed by atoms with Gasteiger partial charge in [0.05, 0.1) is 11.3 Å². The minimum atomic E-state index is -0.628. The van der Waals surface area contributed by atoms with Crippen LogP contribution in [-0.4, -0.2) is 10.9 Å². The SMILES string of the molecule is Cc1ccc(F)cc1C(=O)Nc1cccc(F)c1C(N)=S. The number of hydrogen-bond donors (Lipinski definition) is 2. The molecule has 0 radical (unpaired) electrons. The van der Waals surface area contributed by atoms with Gasteiger partial charge in [0.1, 0.15) is 16.6 Å². The van der Waals surface area contributed by atoms with Crippen molar-refractivity contribution in [3.8, 4) is 0 Å². The lowest BCUT2D eigenvalue weighted by Crippen LogP contribution is -2.19. The number of amides is 1. The highest BCUT2D eigenvalue weighted by atomic mass is 32.1. The third-order valence-electron chi connectivity index (χ3n) is 2.95. The number of rotatable bonds is 3. The van der Waals surface area contributed by atoms with E-state index >= 15 is 0 Å². The molecule has 3 N–H and O–H groups in total. The molecule has 2 rings (SSSR count). The molecule has 0 atom stereocenters. The maximum absolute atomic E-state index is 13.7. The number of anilines is 1. The van der Waals surface area contributed by atoms with Gasteiger partial charge in [-0.3, -0.25) is 4.79 Å². The normalized spacial score (nSPS) is 10.2. The van der Waals surface area contributed by atoms with Crippen molar-refractivity contribution in [1.82, 2.24) is 0 Å². The summed E-state index contributed by atoms with van der Waals surface area (Å²) in [6.07, 6.45) is 0. The van der Waals surface area contributed by atoms with Crippen molar-refractivity contribution in [3.05, 3.63) is 64.7 Å². The molecular weight excluding hydrogens is 294 g/mol. The number of carbonyl (C=O) groups is 1. The summed E-state index contributed by atoms with van der Waals surface area (Å²) in [4.78, 5) is 12.0. The quantitative estimate of drug-likeness (QED) is 0.857. The Morgan fingerprint density at radius 1 is 1.24 bits per heavy atom. The molecule has 1 amide bonds. The molecule has 3 nitrogen and oxygen atoms in total. The van der Waals surface area contributed by atoms with Gasteiger partial charge in [0.25, 0.3) is 5.91 Å². The van der Waals surface area contributed by atoms with Gasteiger partial charge in [0.2, 0.25) is 0 Å². The van der Waals surface area contributed by atoms with E-state index in [-0.39, 0.29) is 21.8 Å². The van der Waals surface area contributed by atoms with Gasteiger partial charge in [-0.1, -0.05) is 24.4 Å². The van der Waals surface area contributed by atoms with E-state index < -0.39 is 17.5 Å². The van der Waals surface area contributed by atoms with E-state index in [2.05, 4.69) is 5.32 Å². The van der Waals surface area contributed by atoms with Crippen LogP contribution in [0, 0.1) is 18.6 Å². The summed E-state index contributed by atoms with van der Waals surface area (Å²) < 4.78 is 27.0. The highest BCUT2D eigenvalue weighted by molar-refractivity contribution is 7.80. The molecule has 0 saturated heterocycles. The lowest BCUT2D eigenvalue weighted by Gasteiger charge is -2.12. The summed E-state index contributed by atoms with van der Waals surface area (Å²) in [7, 11) is 0. The predicted molar refractivity (Wildman–Crippen MR) is 81.4 cm³/mol. The molecule has 6 heteroatoms. The Morgan fingerprint density at radius 3 is 2.62 bits per heavy atom. The van der Waals surface area contributed by atoms with Crippen molar-refractivity contribution in [2.45, 2.75) is 6.92 Å². The minimum absolute atomic E-state index is 0.0464. The zero-order chi connectivity index (χ0) is 15.6. The Hall–Kier alpha value is -2.34. The summed E-state index contributed by atoms with van der Waals surface area (Å²) in [5.74, 6) is -1.72. The van der Waals surface area contributed by atoms with Crippen LogP contribution in [0.5, 0.6) is 0 Å². The van der Waals surface area contributed by atoms with Crippen molar-refractivity contribution in [2.24, 2.45) is 5.73 Å². The molecule has 0 heterocycles. The molecule has 0 aliphatic carbocycles. The number of nitrogens with one attached hydrogen (secondary N) is 1. The van der Waals surface area contributed by atoms with Gasteiger partial charge in [-0.25, -0.2) is 8.78 Å². The number of benzene rings is 2. The van der Waals surface area contributed by atoms with Crippen molar-refractivity contribution in [2.75, 3.05) is 5.32 Å². The van der Waals surface area contributed by atoms with E-state index in [0.717, 1.165) is 6.07 Å². The summed E-state index contributed by atoms with van der Waals surface area (Å²) in [6, 6.07) is 7.95. The first kappa shape index (κ1) is 15.1. The van der Waals surface area contributed by atoms with Gasteiger partial charge in [-0.2, -0.15) is 0 Å². The molecule has 0 aliphatic heterocycles. The molecule has 2 aromatic carbocycles. The largest absolute Gasteiger partial charge is 0.389 e. The number of carbonyl (C=O) groups excluding carboxylic acids is 1. The number of halogens is 2. The zero-order valence-electron chi connectivity index (χ0n) is 11.1. The van der Waals surface area contributed by atoms with Crippen LogP contribution in [-0.2, 0) is 0 Å². The Labute approximate surface area is 125 Å². The van der Waals surface area contributed by atoms with Crippen LogP contribution in [0.15, 0.2) is 36.4 Å². The van der Waals surface area contributed by atoms with E-state index in [1.54, 1.807) is 6.92 Å². The first-order chi connectivity index (χ1) is 9.90. The number of thiocarbonyl (C=S) groups is 1. The molecule has 108 valence electrons. The molecule has 0 bridgehead atoms. The topological polar surface area (TPSA) is 55.1 Å². The fourth-order valence-electron chi connectivity index (χ4n) is 1.91. The monoisotopic (exact) mass is 306 g/mol. The summed E-state index contributed by atoms with van der Waals surface area (Å²) >= 11 is 4.78. The fourth-order valence-corrected chi connectivity index (χ4v) is 2.11. The first-order valence-electron chi connectivity index (χ1n) is 6.06. The van der Waals surface area contributed by atoms with Crippen LogP contribution >= 0.6 is 12.2 Å². The van der Waals surface area contributed by atoms with E-state index in [9.17, 15) is 13.6 Å². The van der Waals surface area contributed by atoms with Crippen molar-refractivity contribution in [1.29, 1.82) is 0 Å². The molecule has 0 aliphatic rings. The van der Waals surface area contributed by atoms with Gasteiger partial charge in [-0.05, 0) is 36.8 Å². The maximum atomic E-state index is 13.7. The molecule has 0 unspecified atom stereocenters. The Kier molecular flexibility index (Phi) is 4.28. The van der Waals surface area contributed by atoms with Gasteiger partial charge in [0, 0.05) is 5.56 Å². The van der Waals surface area contributed by atoms with E-state index in [4.69, 9.17) is 18.0 Å². The standard InChI is InChI=1S/C15H12F2N2OS/c1-8-5-6-9(16)7-10(8)15(20)19-12-4-2-3-11(17)13(12)14(18)21/h2-7H,1H3,(H2,18,21)(H,19,20). The fraction of sp³-hybridized carbons (Fsp3) is 0.0667. The molecular formula is C15H12F2N2OS. The van der Waals surface area contributed by atoms with Crippen molar-refractivity contribution in [3.63, 3.8) is 0 Å². The smallest absolute Gasteiger partial charge is 0.256 e. The molecule has 0 saturated carbocycles. The van der Waals surface area contributed by atoms with Crippen LogP contribution in [0.4, 0.5) is 14.5 Å². The van der Waals surface area contributed by atoms with Crippen LogP contribution in [0.25, 0.3) is 0 Å². The Bertz CT molecular complexity index is 732. The number of aryl methyl sites for hydroxylation is 1. The molecule has 0 aromatic heterocycles. The lowest BCUT2D eigenvalue weighted by atomic mass is 10.1. The van der Waals surface area contributed by atoms with Gasteiger partial charge >= 0.3 is 0 Å². The van der Waals surface area contributed by atoms with Crippen LogP contribution in [0.3, 0.4) is 0 Å². The average Bonchev–Trinajstić information content (AvgIpc) is 2.41. The highest BCUT2D eigenvalue weighted by Crippen LogP contribution is 2.20. The minimum Gasteiger partial charge on any atom is -0.389 e. The number of hydrogen-bond acceptors (Lipinski definition) is 2. The van der Waals surface area contributed by atoms with Crippen LogP contribution in [0.2, 0.25) is 0 Å². The summed E-state index contributed by atoms with van der Waals surface area (Å²) in [5, 5.41) is 2.50. The van der Waals surface area contributed by atoms with Gasteiger partial charge in [0.15, 0.2) is 0 Å². The van der Waals surface area contributed by atoms with Crippen molar-refractivity contribution >= 4 is 28.8 Å². The average molecular weight is 306 g/mol. The highest BCUT2D eigenvalue weighted by Gasteiger charge is 2.16. The second-order valence-electron chi connectivity index (χ2n) is 4.44. The Morgan fingerprint density at radius 2 is 1.95 bits per heavy atom. The lowest BCUT2D eigenvalue weighted by molar-refractivity contribution is 0.102.